The molecular formula is C46H52N12O10. The summed E-state index contributed by atoms with van der Waals surface area (Å²) in [6, 6.07) is 13.1. The predicted molar refractivity (Wildman–Crippen MR) is 252 cm³/mol. The fraction of sp³-hybridized carbons (Fsp3) is 0.304. The average molecular weight is 933 g/mol. The van der Waals surface area contributed by atoms with E-state index >= 15 is 0 Å². The molecule has 6 N–H and O–H groups in total. The molecule has 0 radical (unpaired) electrons. The first-order valence-electron chi connectivity index (χ1n) is 21.4. The Kier molecular flexibility index (Phi) is 15.5. The van der Waals surface area contributed by atoms with Gasteiger partial charge in [-0.15, -0.1) is 0 Å². The molecule has 2 aromatic heterocycles. The summed E-state index contributed by atoms with van der Waals surface area (Å²) in [4.78, 5) is 123. The molecule has 0 spiro atoms. The first-order valence-corrected chi connectivity index (χ1v) is 21.4. The molecule has 22 heteroatoms. The number of amides is 8. The van der Waals surface area contributed by atoms with Gasteiger partial charge in [-0.05, 0) is 95.9 Å². The third-order valence-electron chi connectivity index (χ3n) is 10.7. The lowest BCUT2D eigenvalue weighted by molar-refractivity contribution is -0.384. The number of benzene rings is 3. The van der Waals surface area contributed by atoms with E-state index in [0.29, 0.717) is 18.0 Å². The van der Waals surface area contributed by atoms with Gasteiger partial charge in [-0.2, -0.15) is 0 Å². The number of rotatable bonds is 20. The lowest BCUT2D eigenvalue weighted by Crippen LogP contribution is -2.41. The van der Waals surface area contributed by atoms with Crippen LogP contribution in [0.15, 0.2) is 73.1 Å². The Bertz CT molecular complexity index is 2730. The number of non-ortho nitro benzene ring substituents is 1. The van der Waals surface area contributed by atoms with Crippen molar-refractivity contribution in [1.82, 2.24) is 40.2 Å². The van der Waals surface area contributed by atoms with E-state index in [0.717, 1.165) is 50.2 Å². The highest BCUT2D eigenvalue weighted by molar-refractivity contribution is 6.36. The van der Waals surface area contributed by atoms with Gasteiger partial charge in [-0.25, -0.2) is 4.90 Å². The lowest BCUT2D eigenvalue weighted by atomic mass is 9.92. The van der Waals surface area contributed by atoms with E-state index < -0.39 is 59.1 Å². The second-order valence-electron chi connectivity index (χ2n) is 16.6. The summed E-state index contributed by atoms with van der Waals surface area (Å²) in [6.45, 7) is 1.26. The van der Waals surface area contributed by atoms with E-state index in [-0.39, 0.29) is 73.3 Å². The Morgan fingerprint density at radius 2 is 1.10 bits per heavy atom. The Morgan fingerprint density at radius 1 is 0.618 bits per heavy atom. The molecule has 0 unspecified atom stereocenters. The maximum absolute atomic E-state index is 14.2. The number of aryl methyl sites for hydroxylation is 2. The lowest BCUT2D eigenvalue weighted by Gasteiger charge is -2.27. The zero-order valence-corrected chi connectivity index (χ0v) is 38.4. The van der Waals surface area contributed by atoms with Gasteiger partial charge in [0.15, 0.2) is 0 Å². The molecular weight excluding hydrogens is 881 g/mol. The average Bonchev–Trinajstić information content (AvgIpc) is 3.85. The van der Waals surface area contributed by atoms with Gasteiger partial charge in [0.2, 0.25) is 11.8 Å². The summed E-state index contributed by atoms with van der Waals surface area (Å²) in [6.07, 6.45) is 4.51. The van der Waals surface area contributed by atoms with Crippen molar-refractivity contribution in [2.75, 3.05) is 83.0 Å². The van der Waals surface area contributed by atoms with Crippen molar-refractivity contribution in [3.05, 3.63) is 117 Å². The highest BCUT2D eigenvalue weighted by Gasteiger charge is 2.36. The number of nitrogens with one attached hydrogen (secondary N) is 6. The minimum Gasteiger partial charge on any atom is -0.351 e. The first-order chi connectivity index (χ1) is 32.3. The second-order valence-corrected chi connectivity index (χ2v) is 16.6. The van der Waals surface area contributed by atoms with Crippen molar-refractivity contribution in [2.24, 2.45) is 14.1 Å². The molecule has 0 fully saturated rings. The van der Waals surface area contributed by atoms with Crippen molar-refractivity contribution in [2.45, 2.75) is 12.8 Å². The summed E-state index contributed by atoms with van der Waals surface area (Å²) >= 11 is 0. The van der Waals surface area contributed by atoms with Gasteiger partial charge in [-0.3, -0.25) is 48.5 Å². The van der Waals surface area contributed by atoms with Crippen LogP contribution >= 0.6 is 0 Å². The molecule has 6 rings (SSSR count). The van der Waals surface area contributed by atoms with Crippen LogP contribution in [-0.2, 0) is 23.7 Å². The van der Waals surface area contributed by atoms with Crippen LogP contribution < -0.4 is 36.8 Å². The molecule has 0 saturated heterocycles. The monoisotopic (exact) mass is 932 g/mol. The van der Waals surface area contributed by atoms with E-state index in [9.17, 15) is 48.5 Å². The number of aromatic nitrogens is 2. The summed E-state index contributed by atoms with van der Waals surface area (Å²) in [5.41, 5.74) is -0.267. The predicted octanol–water partition coefficient (Wildman–Crippen LogP) is 2.33. The van der Waals surface area contributed by atoms with Gasteiger partial charge in [0.25, 0.3) is 41.1 Å². The molecule has 3 aromatic carbocycles. The Balaban J connectivity index is 1.20. The third-order valence-corrected chi connectivity index (χ3v) is 10.7. The SMILES string of the molecule is CN(C)CCCNC(=O)c1cc(NC(=O)CNC(=O)c2cc(C(=O)NCC(=O)Nc3cc(C(=O)NCCCN(C)C)n(C)c3)cc(N3C(=O)c4cccc5cc([N+](=O)[O-])cc(c45)C3=O)c2)cn1C. The molecule has 0 saturated carbocycles. The van der Waals surface area contributed by atoms with Gasteiger partial charge in [0.05, 0.1) is 40.6 Å². The van der Waals surface area contributed by atoms with Gasteiger partial charge < -0.3 is 50.8 Å². The van der Waals surface area contributed by atoms with E-state index in [4.69, 9.17) is 0 Å². The van der Waals surface area contributed by atoms with Crippen molar-refractivity contribution in [3.63, 3.8) is 0 Å². The van der Waals surface area contributed by atoms with Crippen molar-refractivity contribution < 1.29 is 43.3 Å². The summed E-state index contributed by atoms with van der Waals surface area (Å²) in [5, 5.41) is 28.1. The molecule has 0 aliphatic carbocycles. The Morgan fingerprint density at radius 3 is 1.57 bits per heavy atom. The van der Waals surface area contributed by atoms with Crippen LogP contribution in [0.25, 0.3) is 10.8 Å². The largest absolute Gasteiger partial charge is 0.351 e. The number of nitro groups is 1. The molecule has 0 atom stereocenters. The number of imide groups is 1. The van der Waals surface area contributed by atoms with Crippen molar-refractivity contribution >= 4 is 80.8 Å². The number of carbonyl (C=O) groups excluding carboxylic acids is 8. The number of hydrogen-bond acceptors (Lipinski definition) is 12. The quantitative estimate of drug-likeness (QED) is 0.0284. The summed E-state index contributed by atoms with van der Waals surface area (Å²) in [5.74, 6) is -5.68. The van der Waals surface area contributed by atoms with Crippen molar-refractivity contribution in [3.8, 4) is 0 Å². The maximum Gasteiger partial charge on any atom is 0.270 e. The second kappa shape index (κ2) is 21.4. The van der Waals surface area contributed by atoms with Gasteiger partial charge in [-0.1, -0.05) is 12.1 Å². The van der Waals surface area contributed by atoms with Crippen LogP contribution in [0.3, 0.4) is 0 Å². The molecule has 1 aliphatic rings. The number of nitrogens with zero attached hydrogens (tertiary/aromatic N) is 6. The number of carbonyl (C=O) groups is 8. The minimum absolute atomic E-state index is 0.0259. The topological polar surface area (TPSA) is 271 Å². The maximum atomic E-state index is 14.2. The zero-order chi connectivity index (χ0) is 49.4. The summed E-state index contributed by atoms with van der Waals surface area (Å²) < 4.78 is 3.07. The van der Waals surface area contributed by atoms with Crippen LogP contribution in [0.2, 0.25) is 0 Å². The Labute approximate surface area is 390 Å². The number of anilines is 3. The van der Waals surface area contributed by atoms with E-state index in [1.54, 1.807) is 14.1 Å². The molecule has 22 nitrogen and oxygen atoms in total. The highest BCUT2D eigenvalue weighted by Crippen LogP contribution is 2.36. The number of nitro benzene ring substituents is 1. The van der Waals surface area contributed by atoms with E-state index in [1.165, 1.54) is 57.9 Å². The molecule has 356 valence electrons. The fourth-order valence-electron chi connectivity index (χ4n) is 7.46. The van der Waals surface area contributed by atoms with Crippen LogP contribution in [0.1, 0.15) is 75.3 Å². The molecule has 68 heavy (non-hydrogen) atoms. The molecule has 1 aliphatic heterocycles. The van der Waals surface area contributed by atoms with Gasteiger partial charge >= 0.3 is 0 Å². The zero-order valence-electron chi connectivity index (χ0n) is 38.4. The standard InChI is InChI=1S/C46H52N12O10/c1-53(2)14-8-12-47-43(63)36-20-30(25-55(36)5)51-38(59)23-49-41(61)28-16-29(42(62)50-24-39(60)52-31-21-37(56(6)26-31)44(64)48-13-9-15-54(3)4)19-32(18-28)57-45(65)34-11-7-10-27-17-33(58(67)68)22-35(40(27)34)46(57)66/h7,10-11,16-22,25-26H,8-9,12-15,23-24H2,1-6H3,(H,47,63)(H,48,64)(H,49,61)(H,50,62)(H,51,59)(H,52,60). The van der Waals surface area contributed by atoms with Crippen LogP contribution in [0.4, 0.5) is 22.7 Å². The van der Waals surface area contributed by atoms with Crippen LogP contribution in [-0.4, -0.2) is 139 Å². The fourth-order valence-corrected chi connectivity index (χ4v) is 7.46. The van der Waals surface area contributed by atoms with Crippen molar-refractivity contribution in [1.29, 1.82) is 0 Å². The molecule has 3 heterocycles. The van der Waals surface area contributed by atoms with Crippen LogP contribution in [0.5, 0.6) is 0 Å². The molecule has 0 bridgehead atoms. The van der Waals surface area contributed by atoms with Crippen LogP contribution in [0, 0.1) is 10.1 Å². The van der Waals surface area contributed by atoms with E-state index in [2.05, 4.69) is 31.9 Å². The molecule has 8 amide bonds. The van der Waals surface area contributed by atoms with Gasteiger partial charge in [0, 0.05) is 73.8 Å². The van der Waals surface area contributed by atoms with E-state index in [1.807, 2.05) is 38.0 Å². The normalized spacial score (nSPS) is 12.0. The smallest absolute Gasteiger partial charge is 0.270 e. The first kappa shape index (κ1) is 49.2. The van der Waals surface area contributed by atoms with Gasteiger partial charge in [0.1, 0.15) is 11.4 Å². The molecule has 5 aromatic rings. The highest BCUT2D eigenvalue weighted by atomic mass is 16.6. The number of hydrogen-bond donors (Lipinski definition) is 6. The Hall–Kier alpha value is -8.24. The summed E-state index contributed by atoms with van der Waals surface area (Å²) in [7, 11) is 11.0. The minimum atomic E-state index is -0.973. The third kappa shape index (κ3) is 11.8.